The summed E-state index contributed by atoms with van der Waals surface area (Å²) in [5, 5.41) is 8.51. The molecule has 0 atom stereocenters. The predicted molar refractivity (Wildman–Crippen MR) is 69.1 cm³/mol. The minimum absolute atomic E-state index is 0.0874. The number of rotatable bonds is 5. The fourth-order valence-electron chi connectivity index (χ4n) is 1.65. The monoisotopic (exact) mass is 324 g/mol. The average molecular weight is 325 g/mol. The van der Waals surface area contributed by atoms with Gasteiger partial charge >= 0.3 is 5.97 Å². The van der Waals surface area contributed by atoms with E-state index < -0.39 is 24.8 Å². The van der Waals surface area contributed by atoms with Gasteiger partial charge in [0.25, 0.3) is 6.43 Å². The van der Waals surface area contributed by atoms with Crippen LogP contribution in [0.4, 0.5) is 13.2 Å². The largest absolute Gasteiger partial charge is 0.481 e. The van der Waals surface area contributed by atoms with Crippen molar-refractivity contribution in [2.24, 2.45) is 0 Å². The summed E-state index contributed by atoms with van der Waals surface area (Å²) in [6.45, 7) is -0.666. The molecule has 0 aliphatic rings. The summed E-state index contributed by atoms with van der Waals surface area (Å²) in [5.41, 5.74) is 0.394. The first-order valence-electron chi connectivity index (χ1n) is 5.36. The van der Waals surface area contributed by atoms with Gasteiger partial charge in [-0.1, -0.05) is 23.4 Å². The lowest BCUT2D eigenvalue weighted by Crippen LogP contribution is -2.09. The van der Waals surface area contributed by atoms with E-state index in [0.717, 1.165) is 22.4 Å². The Morgan fingerprint density at radius 3 is 2.80 bits per heavy atom. The summed E-state index contributed by atoms with van der Waals surface area (Å²) in [5.74, 6) is -2.14. The van der Waals surface area contributed by atoms with Crippen molar-refractivity contribution in [2.45, 2.75) is 18.1 Å². The number of alkyl halides is 2. The van der Waals surface area contributed by atoms with Crippen molar-refractivity contribution in [2.75, 3.05) is 5.75 Å². The number of aromatic nitrogens is 2. The van der Waals surface area contributed by atoms with E-state index in [4.69, 9.17) is 16.7 Å². The summed E-state index contributed by atoms with van der Waals surface area (Å²) in [6, 6.07) is 2.23. The first-order chi connectivity index (χ1) is 9.38. The molecule has 20 heavy (non-hydrogen) atoms. The molecule has 1 N–H and O–H groups in total. The molecule has 2 aromatic rings. The fourth-order valence-corrected chi connectivity index (χ4v) is 2.55. The Bertz CT molecular complexity index is 663. The van der Waals surface area contributed by atoms with E-state index in [1.807, 2.05) is 0 Å². The predicted octanol–water partition coefficient (Wildman–Crippen LogP) is 3.27. The molecular weight excluding hydrogens is 317 g/mol. The first kappa shape index (κ1) is 15.0. The van der Waals surface area contributed by atoms with Crippen molar-refractivity contribution in [3.63, 3.8) is 0 Å². The molecule has 9 heteroatoms. The number of fused-ring (bicyclic) bond motifs is 1. The van der Waals surface area contributed by atoms with Crippen LogP contribution >= 0.6 is 23.4 Å². The Kier molecular flexibility index (Phi) is 4.44. The summed E-state index contributed by atoms with van der Waals surface area (Å²) in [7, 11) is 0. The Balaban J connectivity index is 2.51. The number of benzene rings is 1. The molecule has 0 saturated heterocycles. The highest BCUT2D eigenvalue weighted by Gasteiger charge is 2.17. The maximum Gasteiger partial charge on any atom is 0.313 e. The summed E-state index contributed by atoms with van der Waals surface area (Å²) in [4.78, 5) is 14.5. The number of hydrogen-bond acceptors (Lipinski definition) is 3. The van der Waals surface area contributed by atoms with Crippen molar-refractivity contribution in [1.82, 2.24) is 9.55 Å². The summed E-state index contributed by atoms with van der Waals surface area (Å²) >= 11 is 6.42. The fraction of sp³-hybridized carbons (Fsp3) is 0.273. The smallest absolute Gasteiger partial charge is 0.313 e. The highest BCUT2D eigenvalue weighted by atomic mass is 35.5. The number of hydrogen-bond donors (Lipinski definition) is 1. The zero-order chi connectivity index (χ0) is 14.9. The van der Waals surface area contributed by atoms with E-state index in [9.17, 15) is 18.0 Å². The number of imidazole rings is 1. The number of carboxylic acids is 1. The van der Waals surface area contributed by atoms with Gasteiger partial charge in [0.2, 0.25) is 0 Å². The lowest BCUT2D eigenvalue weighted by molar-refractivity contribution is -0.133. The van der Waals surface area contributed by atoms with E-state index >= 15 is 0 Å². The van der Waals surface area contributed by atoms with Crippen LogP contribution in [0.15, 0.2) is 17.3 Å². The second-order valence-corrected chi connectivity index (χ2v) is 5.18. The average Bonchev–Trinajstić information content (AvgIpc) is 2.65. The van der Waals surface area contributed by atoms with Crippen molar-refractivity contribution in [1.29, 1.82) is 0 Å². The summed E-state index contributed by atoms with van der Waals surface area (Å²) in [6.07, 6.45) is -2.65. The van der Waals surface area contributed by atoms with Crippen LogP contribution in [-0.4, -0.2) is 32.8 Å². The van der Waals surface area contributed by atoms with Crippen LogP contribution in [0.2, 0.25) is 5.02 Å². The lowest BCUT2D eigenvalue weighted by Gasteiger charge is -2.07. The van der Waals surface area contributed by atoms with E-state index in [-0.39, 0.29) is 27.0 Å². The minimum atomic E-state index is -2.65. The van der Waals surface area contributed by atoms with Crippen molar-refractivity contribution in [3.05, 3.63) is 23.0 Å². The zero-order valence-electron chi connectivity index (χ0n) is 9.82. The molecule has 1 aromatic heterocycles. The van der Waals surface area contributed by atoms with Gasteiger partial charge in [-0.15, -0.1) is 0 Å². The molecule has 4 nitrogen and oxygen atoms in total. The van der Waals surface area contributed by atoms with Gasteiger partial charge in [-0.05, 0) is 6.07 Å². The Morgan fingerprint density at radius 2 is 2.20 bits per heavy atom. The van der Waals surface area contributed by atoms with Crippen LogP contribution < -0.4 is 0 Å². The highest BCUT2D eigenvalue weighted by molar-refractivity contribution is 7.99. The second kappa shape index (κ2) is 5.92. The minimum Gasteiger partial charge on any atom is -0.481 e. The van der Waals surface area contributed by atoms with E-state index in [1.54, 1.807) is 0 Å². The SMILES string of the molecule is O=C(O)CSc1nc2cc(F)c(Cl)cc2n1CC(F)F. The third kappa shape index (κ3) is 3.18. The standard InChI is InChI=1S/C11H8ClF3N2O2S/c12-5-1-8-7(2-6(5)13)16-11(20-4-10(18)19)17(8)3-9(14)15/h1-2,9H,3-4H2,(H,18,19). The van der Waals surface area contributed by atoms with E-state index in [2.05, 4.69) is 4.98 Å². The number of aliphatic carboxylic acids is 1. The molecule has 0 radical (unpaired) electrons. The second-order valence-electron chi connectivity index (χ2n) is 3.83. The van der Waals surface area contributed by atoms with Gasteiger partial charge in [0.15, 0.2) is 5.16 Å². The molecule has 0 saturated carbocycles. The normalized spacial score (nSPS) is 11.4. The van der Waals surface area contributed by atoms with Gasteiger partial charge < -0.3 is 9.67 Å². The zero-order valence-corrected chi connectivity index (χ0v) is 11.4. The molecule has 0 amide bonds. The van der Waals surface area contributed by atoms with E-state index in [1.165, 1.54) is 6.07 Å². The topological polar surface area (TPSA) is 55.1 Å². The first-order valence-corrected chi connectivity index (χ1v) is 6.73. The van der Waals surface area contributed by atoms with Crippen LogP contribution in [0.1, 0.15) is 0 Å². The third-order valence-electron chi connectivity index (χ3n) is 2.40. The molecule has 0 fully saturated rings. The maximum atomic E-state index is 13.3. The van der Waals surface area contributed by atoms with Crippen LogP contribution in [0, 0.1) is 5.82 Å². The highest BCUT2D eigenvalue weighted by Crippen LogP contribution is 2.28. The summed E-state index contributed by atoms with van der Waals surface area (Å²) < 4.78 is 39.7. The number of thioether (sulfide) groups is 1. The van der Waals surface area contributed by atoms with Crippen molar-refractivity contribution < 1.29 is 23.1 Å². The van der Waals surface area contributed by atoms with Crippen LogP contribution in [0.5, 0.6) is 0 Å². The van der Waals surface area contributed by atoms with Crippen LogP contribution in [0.25, 0.3) is 11.0 Å². The number of carbonyl (C=O) groups is 1. The molecule has 1 aromatic carbocycles. The molecule has 1 heterocycles. The molecular formula is C11H8ClF3N2O2S. The molecule has 0 bridgehead atoms. The lowest BCUT2D eigenvalue weighted by atomic mass is 10.3. The van der Waals surface area contributed by atoms with Crippen molar-refractivity contribution >= 4 is 40.4 Å². The maximum absolute atomic E-state index is 13.3. The van der Waals surface area contributed by atoms with Crippen molar-refractivity contribution in [3.8, 4) is 0 Å². The Morgan fingerprint density at radius 1 is 1.50 bits per heavy atom. The molecule has 108 valence electrons. The molecule has 0 spiro atoms. The molecule has 0 aliphatic carbocycles. The molecule has 2 rings (SSSR count). The van der Waals surface area contributed by atoms with Gasteiger partial charge in [-0.3, -0.25) is 4.79 Å². The Labute approximate surface area is 120 Å². The third-order valence-corrected chi connectivity index (χ3v) is 3.65. The van der Waals surface area contributed by atoms with Gasteiger partial charge in [0.1, 0.15) is 5.82 Å². The van der Waals surface area contributed by atoms with Crippen LogP contribution in [0.3, 0.4) is 0 Å². The number of halogens is 4. The van der Waals surface area contributed by atoms with Gasteiger partial charge in [0.05, 0.1) is 28.4 Å². The Hall–Kier alpha value is -1.41. The van der Waals surface area contributed by atoms with Gasteiger partial charge in [0, 0.05) is 6.07 Å². The quantitative estimate of drug-likeness (QED) is 0.858. The van der Waals surface area contributed by atoms with Crippen LogP contribution in [-0.2, 0) is 11.3 Å². The molecule has 0 aliphatic heterocycles. The number of nitrogens with zero attached hydrogens (tertiary/aromatic N) is 2. The molecule has 0 unspecified atom stereocenters. The van der Waals surface area contributed by atoms with Gasteiger partial charge in [-0.25, -0.2) is 18.2 Å². The number of carboxylic acid groups (broad SMARTS) is 1. The van der Waals surface area contributed by atoms with Gasteiger partial charge in [-0.2, -0.15) is 0 Å². The van der Waals surface area contributed by atoms with E-state index in [0.29, 0.717) is 0 Å².